The lowest BCUT2D eigenvalue weighted by atomic mass is 10.2. The van der Waals surface area contributed by atoms with Crippen LogP contribution in [0.4, 0.5) is 5.82 Å². The smallest absolute Gasteiger partial charge is 0.221 e. The van der Waals surface area contributed by atoms with Gasteiger partial charge in [0.15, 0.2) is 0 Å². The molecule has 1 aromatic carbocycles. The third-order valence-corrected chi connectivity index (χ3v) is 4.31. The minimum Gasteiger partial charge on any atom is -0.369 e. The van der Waals surface area contributed by atoms with E-state index in [1.54, 1.807) is 6.33 Å². The molecule has 1 heterocycles. The third-order valence-electron chi connectivity index (χ3n) is 4.31. The summed E-state index contributed by atoms with van der Waals surface area (Å²) in [7, 11) is 0. The van der Waals surface area contributed by atoms with E-state index in [1.807, 2.05) is 24.3 Å². The van der Waals surface area contributed by atoms with Crippen molar-refractivity contribution in [3.8, 4) is 0 Å². The van der Waals surface area contributed by atoms with Gasteiger partial charge in [-0.25, -0.2) is 9.97 Å². The van der Waals surface area contributed by atoms with Gasteiger partial charge in [-0.05, 0) is 44.6 Å². The SMILES string of the molecule is CCN(CC)CCCCNC(=O)CCNc1ncnc2ccccc12. The minimum atomic E-state index is 0.0775. The van der Waals surface area contributed by atoms with E-state index < -0.39 is 0 Å². The summed E-state index contributed by atoms with van der Waals surface area (Å²) in [5.74, 6) is 0.853. The van der Waals surface area contributed by atoms with E-state index in [9.17, 15) is 4.79 Å². The molecule has 2 aromatic rings. The highest BCUT2D eigenvalue weighted by atomic mass is 16.1. The maximum atomic E-state index is 11.9. The Labute approximate surface area is 150 Å². The summed E-state index contributed by atoms with van der Waals surface area (Å²) < 4.78 is 0. The van der Waals surface area contributed by atoms with Crippen molar-refractivity contribution in [3.05, 3.63) is 30.6 Å². The van der Waals surface area contributed by atoms with Gasteiger partial charge in [0.05, 0.1) is 5.52 Å². The first-order valence-electron chi connectivity index (χ1n) is 9.17. The number of nitrogens with one attached hydrogen (secondary N) is 2. The van der Waals surface area contributed by atoms with Gasteiger partial charge in [0.2, 0.25) is 5.91 Å². The number of hydrogen-bond acceptors (Lipinski definition) is 5. The number of carbonyl (C=O) groups is 1. The molecule has 0 aliphatic heterocycles. The molecular formula is C19H29N5O. The van der Waals surface area contributed by atoms with E-state index in [0.29, 0.717) is 13.0 Å². The van der Waals surface area contributed by atoms with Crippen LogP contribution in [-0.2, 0) is 4.79 Å². The average Bonchev–Trinajstić information content (AvgIpc) is 2.65. The highest BCUT2D eigenvalue weighted by molar-refractivity contribution is 5.88. The third kappa shape index (κ3) is 6.31. The van der Waals surface area contributed by atoms with Gasteiger partial charge in [0, 0.05) is 24.9 Å². The molecule has 0 aliphatic rings. The van der Waals surface area contributed by atoms with Crippen LogP contribution in [0.5, 0.6) is 0 Å². The first kappa shape index (κ1) is 19.1. The number of amides is 1. The molecule has 0 fully saturated rings. The van der Waals surface area contributed by atoms with Gasteiger partial charge in [-0.1, -0.05) is 26.0 Å². The fourth-order valence-electron chi connectivity index (χ4n) is 2.76. The fourth-order valence-corrected chi connectivity index (χ4v) is 2.76. The topological polar surface area (TPSA) is 70.2 Å². The largest absolute Gasteiger partial charge is 0.369 e. The van der Waals surface area contributed by atoms with Crippen LogP contribution in [0.3, 0.4) is 0 Å². The molecule has 25 heavy (non-hydrogen) atoms. The summed E-state index contributed by atoms with van der Waals surface area (Å²) in [5.41, 5.74) is 0.901. The van der Waals surface area contributed by atoms with Gasteiger partial charge < -0.3 is 15.5 Å². The van der Waals surface area contributed by atoms with Gasteiger partial charge in [-0.15, -0.1) is 0 Å². The van der Waals surface area contributed by atoms with Gasteiger partial charge in [0.1, 0.15) is 12.1 Å². The Morgan fingerprint density at radius 2 is 1.88 bits per heavy atom. The lowest BCUT2D eigenvalue weighted by molar-refractivity contribution is -0.120. The second-order valence-corrected chi connectivity index (χ2v) is 6.00. The predicted molar refractivity (Wildman–Crippen MR) is 103 cm³/mol. The van der Waals surface area contributed by atoms with Crippen molar-refractivity contribution in [1.82, 2.24) is 20.2 Å². The van der Waals surface area contributed by atoms with Crippen LogP contribution < -0.4 is 10.6 Å². The summed E-state index contributed by atoms with van der Waals surface area (Å²) in [6.45, 7) is 8.95. The number of benzene rings is 1. The van der Waals surface area contributed by atoms with E-state index in [0.717, 1.165) is 55.7 Å². The van der Waals surface area contributed by atoms with Crippen LogP contribution >= 0.6 is 0 Å². The van der Waals surface area contributed by atoms with Crippen LogP contribution in [0.25, 0.3) is 10.9 Å². The van der Waals surface area contributed by atoms with Gasteiger partial charge in [0.25, 0.3) is 0 Å². The summed E-state index contributed by atoms with van der Waals surface area (Å²) in [6.07, 6.45) is 4.12. The van der Waals surface area contributed by atoms with Gasteiger partial charge in [-0.2, -0.15) is 0 Å². The van der Waals surface area contributed by atoms with Crippen molar-refractivity contribution in [2.45, 2.75) is 33.1 Å². The van der Waals surface area contributed by atoms with Crippen molar-refractivity contribution >= 4 is 22.6 Å². The maximum absolute atomic E-state index is 11.9. The molecule has 6 nitrogen and oxygen atoms in total. The number of rotatable bonds is 11. The van der Waals surface area contributed by atoms with Crippen LogP contribution in [-0.4, -0.2) is 53.5 Å². The zero-order valence-electron chi connectivity index (χ0n) is 15.3. The quantitative estimate of drug-likeness (QED) is 0.614. The molecule has 136 valence electrons. The Hall–Kier alpha value is -2.21. The van der Waals surface area contributed by atoms with Crippen LogP contribution in [0.15, 0.2) is 30.6 Å². The molecular weight excluding hydrogens is 314 g/mol. The number of carbonyl (C=O) groups excluding carboxylic acids is 1. The van der Waals surface area contributed by atoms with E-state index >= 15 is 0 Å². The molecule has 6 heteroatoms. The van der Waals surface area contributed by atoms with E-state index in [2.05, 4.69) is 39.3 Å². The monoisotopic (exact) mass is 343 g/mol. The Balaban J connectivity index is 1.64. The Morgan fingerprint density at radius 1 is 1.08 bits per heavy atom. The number of hydrogen-bond donors (Lipinski definition) is 2. The number of para-hydroxylation sites is 1. The van der Waals surface area contributed by atoms with Crippen molar-refractivity contribution in [2.24, 2.45) is 0 Å². The Bertz CT molecular complexity index is 652. The number of anilines is 1. The second-order valence-electron chi connectivity index (χ2n) is 6.00. The zero-order chi connectivity index (χ0) is 17.9. The standard InChI is InChI=1S/C19H29N5O/c1-3-24(4-2)14-8-7-12-20-18(25)11-13-21-19-16-9-5-6-10-17(16)22-15-23-19/h5-6,9-10,15H,3-4,7-8,11-14H2,1-2H3,(H,20,25)(H,21,22,23). The maximum Gasteiger partial charge on any atom is 0.221 e. The van der Waals surface area contributed by atoms with E-state index in [1.165, 1.54) is 0 Å². The lowest BCUT2D eigenvalue weighted by Gasteiger charge is -2.17. The van der Waals surface area contributed by atoms with Gasteiger partial charge >= 0.3 is 0 Å². The Morgan fingerprint density at radius 3 is 2.68 bits per heavy atom. The molecule has 0 bridgehead atoms. The molecule has 1 aromatic heterocycles. The molecule has 1 amide bonds. The highest BCUT2D eigenvalue weighted by Gasteiger charge is 2.05. The first-order valence-corrected chi connectivity index (χ1v) is 9.17. The summed E-state index contributed by atoms with van der Waals surface area (Å²) in [6, 6.07) is 7.84. The normalized spacial score (nSPS) is 11.0. The van der Waals surface area contributed by atoms with Gasteiger partial charge in [-0.3, -0.25) is 4.79 Å². The number of fused-ring (bicyclic) bond motifs is 1. The van der Waals surface area contributed by atoms with Crippen LogP contribution in [0.1, 0.15) is 33.1 Å². The minimum absolute atomic E-state index is 0.0775. The van der Waals surface area contributed by atoms with Crippen molar-refractivity contribution in [2.75, 3.05) is 38.0 Å². The Kier molecular flexibility index (Phi) is 8.12. The second kappa shape index (κ2) is 10.6. The zero-order valence-corrected chi connectivity index (χ0v) is 15.3. The van der Waals surface area contributed by atoms with Crippen molar-refractivity contribution in [1.29, 1.82) is 0 Å². The van der Waals surface area contributed by atoms with Crippen molar-refractivity contribution in [3.63, 3.8) is 0 Å². The van der Waals surface area contributed by atoms with E-state index in [-0.39, 0.29) is 5.91 Å². The molecule has 0 spiro atoms. The molecule has 0 radical (unpaired) electrons. The average molecular weight is 343 g/mol. The summed E-state index contributed by atoms with van der Waals surface area (Å²) in [5, 5.41) is 7.19. The summed E-state index contributed by atoms with van der Waals surface area (Å²) >= 11 is 0. The number of nitrogens with zero attached hydrogens (tertiary/aromatic N) is 3. The predicted octanol–water partition coefficient (Wildman–Crippen LogP) is 2.67. The molecule has 0 atom stereocenters. The molecule has 0 saturated carbocycles. The number of aromatic nitrogens is 2. The van der Waals surface area contributed by atoms with E-state index in [4.69, 9.17) is 0 Å². The molecule has 0 aliphatic carbocycles. The molecule has 2 rings (SSSR count). The lowest BCUT2D eigenvalue weighted by Crippen LogP contribution is -2.28. The molecule has 2 N–H and O–H groups in total. The van der Waals surface area contributed by atoms with Crippen LogP contribution in [0, 0.1) is 0 Å². The first-order chi connectivity index (χ1) is 12.2. The summed E-state index contributed by atoms with van der Waals surface area (Å²) in [4.78, 5) is 22.8. The molecule has 0 saturated heterocycles. The van der Waals surface area contributed by atoms with Crippen molar-refractivity contribution < 1.29 is 4.79 Å². The highest BCUT2D eigenvalue weighted by Crippen LogP contribution is 2.17. The van der Waals surface area contributed by atoms with Crippen LogP contribution in [0.2, 0.25) is 0 Å². The molecule has 0 unspecified atom stereocenters. The number of unbranched alkanes of at least 4 members (excludes halogenated alkanes) is 1. The fraction of sp³-hybridized carbons (Fsp3) is 0.526.